The summed E-state index contributed by atoms with van der Waals surface area (Å²) in [5.74, 6) is 0.576. The minimum atomic E-state index is 0.329. The summed E-state index contributed by atoms with van der Waals surface area (Å²) in [6.07, 6.45) is 8.69. The van der Waals surface area contributed by atoms with E-state index in [4.69, 9.17) is 12.6 Å². The molecule has 1 heteroatoms. The molecule has 0 N–H and O–H groups in total. The summed E-state index contributed by atoms with van der Waals surface area (Å²) in [5, 5.41) is 0. The smallest absolute Gasteiger partial charge is 0.0104 e. The second-order valence-electron chi connectivity index (χ2n) is 7.88. The monoisotopic (exact) mass is 312 g/mol. The normalized spacial score (nSPS) is 23.1. The van der Waals surface area contributed by atoms with Crippen molar-refractivity contribution in [2.45, 2.75) is 71.6 Å². The SMILES string of the molecule is Cc1c(C)c(S)c(C)c(C2CCC3=CC(C)(C)CC=C32)c1C. The number of rotatable bonds is 1. The van der Waals surface area contributed by atoms with E-state index < -0.39 is 0 Å². The van der Waals surface area contributed by atoms with Gasteiger partial charge in [-0.1, -0.05) is 26.0 Å². The zero-order valence-corrected chi connectivity index (χ0v) is 15.7. The molecule has 118 valence electrons. The number of thiol groups is 1. The second kappa shape index (κ2) is 5.30. The quantitative estimate of drug-likeness (QED) is 0.572. The van der Waals surface area contributed by atoms with Crippen LogP contribution < -0.4 is 0 Å². The molecule has 0 nitrogen and oxygen atoms in total. The molecule has 0 aromatic heterocycles. The molecule has 1 atom stereocenters. The summed E-state index contributed by atoms with van der Waals surface area (Å²) in [5.41, 5.74) is 10.7. The molecule has 1 unspecified atom stereocenters. The Kier molecular flexibility index (Phi) is 3.84. The van der Waals surface area contributed by atoms with Crippen molar-refractivity contribution in [3.8, 4) is 0 Å². The van der Waals surface area contributed by atoms with Gasteiger partial charge in [-0.3, -0.25) is 0 Å². The van der Waals surface area contributed by atoms with Crippen LogP contribution in [0.2, 0.25) is 0 Å². The lowest BCUT2D eigenvalue weighted by Gasteiger charge is -2.28. The van der Waals surface area contributed by atoms with Crippen molar-refractivity contribution in [2.24, 2.45) is 5.41 Å². The van der Waals surface area contributed by atoms with Gasteiger partial charge >= 0.3 is 0 Å². The molecule has 0 spiro atoms. The van der Waals surface area contributed by atoms with E-state index in [-0.39, 0.29) is 0 Å². The van der Waals surface area contributed by atoms with Crippen LogP contribution in [0.3, 0.4) is 0 Å². The molecule has 1 aromatic rings. The predicted octanol–water partition coefficient (Wildman–Crippen LogP) is 6.37. The third-order valence-electron chi connectivity index (χ3n) is 5.85. The summed E-state index contributed by atoms with van der Waals surface area (Å²) in [4.78, 5) is 1.19. The predicted molar refractivity (Wildman–Crippen MR) is 99.2 cm³/mol. The van der Waals surface area contributed by atoms with Gasteiger partial charge in [0.1, 0.15) is 0 Å². The minimum absolute atomic E-state index is 0.329. The minimum Gasteiger partial charge on any atom is -0.143 e. The maximum Gasteiger partial charge on any atom is 0.0104 e. The standard InChI is InChI=1S/C21H28S/c1-12-13(2)19(15(4)20(22)14(12)3)18-8-7-16-11-21(5,6)10-9-17(16)18/h9,11,18,22H,7-8,10H2,1-6H3. The first-order chi connectivity index (χ1) is 10.2. The van der Waals surface area contributed by atoms with Crippen molar-refractivity contribution < 1.29 is 0 Å². The Bertz CT molecular complexity index is 672. The zero-order chi connectivity index (χ0) is 16.2. The van der Waals surface area contributed by atoms with Crippen molar-refractivity contribution in [1.82, 2.24) is 0 Å². The van der Waals surface area contributed by atoms with E-state index in [0.29, 0.717) is 11.3 Å². The first kappa shape index (κ1) is 15.9. The van der Waals surface area contributed by atoms with E-state index in [1.165, 1.54) is 46.4 Å². The van der Waals surface area contributed by atoms with Gasteiger partial charge in [-0.05, 0) is 91.3 Å². The van der Waals surface area contributed by atoms with Gasteiger partial charge in [0.15, 0.2) is 0 Å². The lowest BCUT2D eigenvalue weighted by atomic mass is 9.77. The van der Waals surface area contributed by atoms with E-state index in [0.717, 1.165) is 0 Å². The number of hydrogen-bond donors (Lipinski definition) is 1. The van der Waals surface area contributed by atoms with Crippen LogP contribution in [-0.2, 0) is 0 Å². The maximum absolute atomic E-state index is 4.80. The van der Waals surface area contributed by atoms with Gasteiger partial charge in [0.25, 0.3) is 0 Å². The third-order valence-corrected chi connectivity index (χ3v) is 6.52. The largest absolute Gasteiger partial charge is 0.143 e. The molecule has 0 radical (unpaired) electrons. The number of fused-ring (bicyclic) bond motifs is 1. The molecule has 2 aliphatic carbocycles. The van der Waals surface area contributed by atoms with Crippen LogP contribution in [0.1, 0.15) is 66.8 Å². The molecular weight excluding hydrogens is 284 g/mol. The summed E-state index contributed by atoms with van der Waals surface area (Å²) in [6.45, 7) is 13.7. The molecule has 0 heterocycles. The van der Waals surface area contributed by atoms with Crippen molar-refractivity contribution in [1.29, 1.82) is 0 Å². The van der Waals surface area contributed by atoms with Crippen LogP contribution in [0.4, 0.5) is 0 Å². The summed E-state index contributed by atoms with van der Waals surface area (Å²) in [7, 11) is 0. The maximum atomic E-state index is 4.80. The lowest BCUT2D eigenvalue weighted by Crippen LogP contribution is -2.13. The Morgan fingerprint density at radius 3 is 2.36 bits per heavy atom. The Morgan fingerprint density at radius 1 is 1.00 bits per heavy atom. The Hall–Kier alpha value is -0.950. The molecule has 0 saturated heterocycles. The zero-order valence-electron chi connectivity index (χ0n) is 14.8. The van der Waals surface area contributed by atoms with Crippen molar-refractivity contribution in [3.05, 3.63) is 51.1 Å². The van der Waals surface area contributed by atoms with Crippen LogP contribution in [0.15, 0.2) is 28.2 Å². The molecule has 22 heavy (non-hydrogen) atoms. The average Bonchev–Trinajstić information content (AvgIpc) is 2.85. The van der Waals surface area contributed by atoms with Crippen molar-refractivity contribution >= 4 is 12.6 Å². The molecule has 0 bridgehead atoms. The second-order valence-corrected chi connectivity index (χ2v) is 8.32. The van der Waals surface area contributed by atoms with Crippen molar-refractivity contribution in [2.75, 3.05) is 0 Å². The lowest BCUT2D eigenvalue weighted by molar-refractivity contribution is 0.477. The highest BCUT2D eigenvalue weighted by molar-refractivity contribution is 7.80. The van der Waals surface area contributed by atoms with E-state index in [1.807, 2.05) is 0 Å². The summed E-state index contributed by atoms with van der Waals surface area (Å²) in [6, 6.07) is 0. The fraction of sp³-hybridized carbons (Fsp3) is 0.524. The van der Waals surface area contributed by atoms with E-state index in [2.05, 4.69) is 53.7 Å². The summed E-state index contributed by atoms with van der Waals surface area (Å²) < 4.78 is 0. The van der Waals surface area contributed by atoms with Crippen LogP contribution in [0.25, 0.3) is 0 Å². The van der Waals surface area contributed by atoms with Gasteiger partial charge in [-0.2, -0.15) is 0 Å². The first-order valence-electron chi connectivity index (χ1n) is 8.44. The van der Waals surface area contributed by atoms with E-state index >= 15 is 0 Å². The summed E-state index contributed by atoms with van der Waals surface area (Å²) >= 11 is 4.80. The number of allylic oxidation sites excluding steroid dienone is 4. The molecule has 1 aromatic carbocycles. The van der Waals surface area contributed by atoms with Gasteiger partial charge in [0, 0.05) is 10.8 Å². The van der Waals surface area contributed by atoms with E-state index in [1.54, 1.807) is 16.7 Å². The van der Waals surface area contributed by atoms with Crippen LogP contribution in [0, 0.1) is 33.1 Å². The molecule has 0 amide bonds. The number of hydrogen-bond acceptors (Lipinski definition) is 1. The first-order valence-corrected chi connectivity index (χ1v) is 8.89. The molecule has 1 fully saturated rings. The van der Waals surface area contributed by atoms with Gasteiger partial charge < -0.3 is 0 Å². The molecule has 3 rings (SSSR count). The molecule has 1 saturated carbocycles. The van der Waals surface area contributed by atoms with Gasteiger partial charge in [0.2, 0.25) is 0 Å². The highest BCUT2D eigenvalue weighted by Crippen LogP contribution is 2.50. The van der Waals surface area contributed by atoms with Crippen LogP contribution >= 0.6 is 12.6 Å². The Balaban J connectivity index is 2.12. The van der Waals surface area contributed by atoms with Gasteiger partial charge in [-0.25, -0.2) is 0 Å². The molecule has 2 aliphatic rings. The Labute approximate surface area is 141 Å². The fourth-order valence-corrected chi connectivity index (χ4v) is 4.62. The molecule has 0 aliphatic heterocycles. The van der Waals surface area contributed by atoms with Crippen LogP contribution in [-0.4, -0.2) is 0 Å². The van der Waals surface area contributed by atoms with Gasteiger partial charge in [0.05, 0.1) is 0 Å². The topological polar surface area (TPSA) is 0 Å². The van der Waals surface area contributed by atoms with Crippen LogP contribution in [0.5, 0.6) is 0 Å². The van der Waals surface area contributed by atoms with Gasteiger partial charge in [-0.15, -0.1) is 12.6 Å². The highest BCUT2D eigenvalue weighted by Gasteiger charge is 2.33. The Morgan fingerprint density at radius 2 is 1.68 bits per heavy atom. The molecular formula is C21H28S. The third kappa shape index (κ3) is 2.38. The number of benzene rings is 1. The van der Waals surface area contributed by atoms with E-state index in [9.17, 15) is 0 Å². The highest BCUT2D eigenvalue weighted by atomic mass is 32.1. The van der Waals surface area contributed by atoms with Crippen molar-refractivity contribution in [3.63, 3.8) is 0 Å². The fourth-order valence-electron chi connectivity index (χ4n) is 4.33. The average molecular weight is 313 g/mol.